The number of amides is 2. The van der Waals surface area contributed by atoms with Crippen molar-refractivity contribution in [3.05, 3.63) is 103 Å². The van der Waals surface area contributed by atoms with Gasteiger partial charge in [0.15, 0.2) is 5.65 Å². The number of H-pyrrole nitrogens is 1. The van der Waals surface area contributed by atoms with E-state index < -0.39 is 28.5 Å². The van der Waals surface area contributed by atoms with Crippen LogP contribution in [0.3, 0.4) is 0 Å². The van der Waals surface area contributed by atoms with E-state index in [9.17, 15) is 23.6 Å². The highest BCUT2D eigenvalue weighted by atomic mass is 19.1. The average molecular weight is 609 g/mol. The molecule has 3 heterocycles. The summed E-state index contributed by atoms with van der Waals surface area (Å²) >= 11 is 0. The molecule has 6 N–H and O–H groups in total. The normalized spacial score (nSPS) is 14.0. The Bertz CT molecular complexity index is 2200. The molecule has 17 heteroatoms. The number of carbonyl (C=O) groups excluding carboxylic acids is 2. The van der Waals surface area contributed by atoms with Crippen LogP contribution < -0.4 is 32.5 Å². The summed E-state index contributed by atoms with van der Waals surface area (Å²) in [7, 11) is 0. The molecule has 0 saturated carbocycles. The fourth-order valence-corrected chi connectivity index (χ4v) is 5.19. The van der Waals surface area contributed by atoms with E-state index in [-0.39, 0.29) is 46.9 Å². The van der Waals surface area contributed by atoms with Gasteiger partial charge >= 0.3 is 0 Å². The Labute approximate surface area is 250 Å². The predicted molar refractivity (Wildman–Crippen MR) is 156 cm³/mol. The maximum absolute atomic E-state index is 14.4. The molecule has 3 aromatic heterocycles. The Balaban J connectivity index is 1.07. The van der Waals surface area contributed by atoms with Crippen LogP contribution in [-0.2, 0) is 13.0 Å². The highest BCUT2D eigenvalue weighted by Gasteiger charge is 2.27. The van der Waals surface area contributed by atoms with E-state index in [1.165, 1.54) is 28.9 Å². The highest BCUT2D eigenvalue weighted by Crippen LogP contribution is 2.33. The molecule has 16 nitrogen and oxygen atoms in total. The summed E-state index contributed by atoms with van der Waals surface area (Å²) in [6, 6.07) is 10.9. The molecule has 0 spiro atoms. The number of anilines is 3. The van der Waals surface area contributed by atoms with E-state index in [1.54, 1.807) is 0 Å². The van der Waals surface area contributed by atoms with Crippen molar-refractivity contribution in [2.24, 2.45) is 0 Å². The maximum Gasteiger partial charge on any atom is 0.289 e. The number of hydrogen-bond acceptors (Lipinski definition) is 12. The standard InChI is InChI=1S/C28H21FN12O4/c29-16-5-1-12(9-18(16)33-21-20(30)22(42)23(21)43)11-31-28(45)26-36-25(35-19-7-8-32-41(19)26)27(44)34-17-6-3-13-10-14(2-4-15(13)17)24-37-39-40-38-24/h1-2,4-5,7-10,17,33H,3,6,11,30H2,(H,31,45)(H,34,44)(H,37,38,39,40)/t17-/m0/s1. The maximum atomic E-state index is 14.4. The lowest BCUT2D eigenvalue weighted by molar-refractivity contribution is 0.0922. The first-order valence-corrected chi connectivity index (χ1v) is 13.6. The van der Waals surface area contributed by atoms with Gasteiger partial charge in [0.2, 0.25) is 17.5 Å². The number of nitrogens with one attached hydrogen (secondary N) is 4. The van der Waals surface area contributed by atoms with E-state index >= 15 is 0 Å². The van der Waals surface area contributed by atoms with Gasteiger partial charge in [-0.3, -0.25) is 19.2 Å². The predicted octanol–water partition coefficient (Wildman–Crippen LogP) is 0.713. The van der Waals surface area contributed by atoms with Crippen LogP contribution in [0.1, 0.15) is 50.4 Å². The van der Waals surface area contributed by atoms with Crippen molar-refractivity contribution < 1.29 is 14.0 Å². The first-order chi connectivity index (χ1) is 21.8. The number of nitrogen functional groups attached to an aromatic ring is 1. The van der Waals surface area contributed by atoms with Crippen LogP contribution in [0.5, 0.6) is 0 Å². The van der Waals surface area contributed by atoms with Crippen molar-refractivity contribution in [1.82, 2.24) is 50.8 Å². The van der Waals surface area contributed by atoms with Crippen molar-refractivity contribution in [2.75, 3.05) is 11.1 Å². The number of nitrogens with zero attached hydrogens (tertiary/aromatic N) is 7. The quantitative estimate of drug-likeness (QED) is 0.151. The van der Waals surface area contributed by atoms with Gasteiger partial charge in [0.25, 0.3) is 22.7 Å². The number of fused-ring (bicyclic) bond motifs is 2. The zero-order chi connectivity index (χ0) is 31.2. The van der Waals surface area contributed by atoms with E-state index in [4.69, 9.17) is 5.73 Å². The summed E-state index contributed by atoms with van der Waals surface area (Å²) in [5.74, 6) is -1.88. The third kappa shape index (κ3) is 4.90. The molecule has 45 heavy (non-hydrogen) atoms. The van der Waals surface area contributed by atoms with Crippen LogP contribution in [0.2, 0.25) is 0 Å². The van der Waals surface area contributed by atoms with Gasteiger partial charge in [-0.2, -0.15) is 19.8 Å². The van der Waals surface area contributed by atoms with Gasteiger partial charge < -0.3 is 21.7 Å². The summed E-state index contributed by atoms with van der Waals surface area (Å²) in [6.07, 6.45) is 2.80. The molecule has 3 aromatic carbocycles. The van der Waals surface area contributed by atoms with E-state index in [2.05, 4.69) is 51.6 Å². The molecule has 7 rings (SSSR count). The molecule has 0 saturated heterocycles. The largest absolute Gasteiger partial charge is 0.394 e. The van der Waals surface area contributed by atoms with Crippen LogP contribution in [0.15, 0.2) is 58.3 Å². The van der Waals surface area contributed by atoms with Gasteiger partial charge in [0, 0.05) is 18.2 Å². The number of benzene rings is 2. The Morgan fingerprint density at radius 3 is 2.73 bits per heavy atom. The van der Waals surface area contributed by atoms with Gasteiger partial charge in [-0.05, 0) is 52.9 Å². The fraction of sp³-hybridized carbons (Fsp3) is 0.143. The van der Waals surface area contributed by atoms with Gasteiger partial charge in [-0.1, -0.05) is 18.2 Å². The molecular formula is C28H21FN12O4. The average Bonchev–Trinajstić information content (AvgIpc) is 3.84. The summed E-state index contributed by atoms with van der Waals surface area (Å²) < 4.78 is 15.6. The molecule has 1 aliphatic carbocycles. The van der Waals surface area contributed by atoms with Crippen LogP contribution in [0.25, 0.3) is 17.0 Å². The van der Waals surface area contributed by atoms with E-state index in [0.29, 0.717) is 17.8 Å². The zero-order valence-corrected chi connectivity index (χ0v) is 23.0. The molecule has 0 aliphatic heterocycles. The topological polar surface area (TPSA) is 228 Å². The van der Waals surface area contributed by atoms with Crippen molar-refractivity contribution in [2.45, 2.75) is 25.4 Å². The number of tetrazole rings is 1. The van der Waals surface area contributed by atoms with E-state index in [1.807, 2.05) is 18.2 Å². The van der Waals surface area contributed by atoms with Crippen molar-refractivity contribution in [3.8, 4) is 11.4 Å². The van der Waals surface area contributed by atoms with Crippen LogP contribution >= 0.6 is 0 Å². The smallest absolute Gasteiger partial charge is 0.289 e. The molecule has 0 fully saturated rings. The monoisotopic (exact) mass is 608 g/mol. The molecule has 0 bridgehead atoms. The molecule has 6 aromatic rings. The number of hydrogen-bond donors (Lipinski definition) is 5. The molecule has 2 amide bonds. The number of aromatic amines is 1. The number of rotatable bonds is 8. The summed E-state index contributed by atoms with van der Waals surface area (Å²) in [5.41, 5.74) is 6.75. The van der Waals surface area contributed by atoms with Crippen molar-refractivity contribution in [3.63, 3.8) is 0 Å². The van der Waals surface area contributed by atoms with Gasteiger partial charge in [-0.25, -0.2) is 9.37 Å². The highest BCUT2D eigenvalue weighted by molar-refractivity contribution is 5.95. The minimum atomic E-state index is -0.843. The first-order valence-electron chi connectivity index (χ1n) is 13.6. The van der Waals surface area contributed by atoms with Gasteiger partial charge in [0.1, 0.15) is 17.2 Å². The molecule has 1 atom stereocenters. The Morgan fingerprint density at radius 2 is 1.93 bits per heavy atom. The first kappa shape index (κ1) is 27.4. The molecular weight excluding hydrogens is 587 g/mol. The Hall–Kier alpha value is -6.39. The zero-order valence-electron chi connectivity index (χ0n) is 23.0. The minimum absolute atomic E-state index is 0.0752. The third-order valence-electron chi connectivity index (χ3n) is 7.48. The molecule has 0 radical (unpaired) electrons. The summed E-state index contributed by atoms with van der Waals surface area (Å²) in [5, 5.41) is 26.3. The van der Waals surface area contributed by atoms with Crippen LogP contribution in [0.4, 0.5) is 21.5 Å². The Kier molecular flexibility index (Phi) is 6.53. The lowest BCUT2D eigenvalue weighted by Gasteiger charge is -2.14. The van der Waals surface area contributed by atoms with E-state index in [0.717, 1.165) is 29.2 Å². The number of carbonyl (C=O) groups is 2. The van der Waals surface area contributed by atoms with Crippen LogP contribution in [0, 0.1) is 5.82 Å². The number of aromatic nitrogens is 8. The summed E-state index contributed by atoms with van der Waals surface area (Å²) in [4.78, 5) is 58.2. The second-order valence-corrected chi connectivity index (χ2v) is 10.3. The second-order valence-electron chi connectivity index (χ2n) is 10.3. The van der Waals surface area contributed by atoms with Crippen molar-refractivity contribution in [1.29, 1.82) is 0 Å². The van der Waals surface area contributed by atoms with Crippen molar-refractivity contribution >= 4 is 34.5 Å². The summed E-state index contributed by atoms with van der Waals surface area (Å²) in [6.45, 7) is -0.0752. The third-order valence-corrected chi connectivity index (χ3v) is 7.48. The molecule has 0 unspecified atom stereocenters. The minimum Gasteiger partial charge on any atom is -0.394 e. The Morgan fingerprint density at radius 1 is 1.07 bits per heavy atom. The number of aryl methyl sites for hydroxylation is 1. The van der Waals surface area contributed by atoms with Gasteiger partial charge in [0.05, 0.1) is 17.9 Å². The van der Waals surface area contributed by atoms with Crippen LogP contribution in [-0.4, -0.2) is 52.0 Å². The van der Waals surface area contributed by atoms with Gasteiger partial charge in [-0.15, -0.1) is 10.2 Å². The fourth-order valence-electron chi connectivity index (χ4n) is 5.19. The lowest BCUT2D eigenvalue weighted by atomic mass is 10.0. The lowest BCUT2D eigenvalue weighted by Crippen LogP contribution is -2.36. The molecule has 1 aliphatic rings. The number of nitrogens with two attached hydrogens (primary N) is 1. The second kappa shape index (κ2) is 10.7. The SMILES string of the molecule is Nc1c(Nc2cc(CNC(=O)c3nc(C(=O)N[C@H]4CCc5cc(-c6nn[nH]n6)ccc54)nc4ccnn34)ccc2F)c(=O)c1=O. The number of halogens is 1. The molecule has 224 valence electrons.